The molecule has 0 unspecified atom stereocenters. The van der Waals surface area contributed by atoms with Crippen LogP contribution >= 0.6 is 0 Å². The number of carbonyl (C=O) groups excluding carboxylic acids is 1. The van der Waals surface area contributed by atoms with Gasteiger partial charge in [-0.2, -0.15) is 0 Å². The highest BCUT2D eigenvalue weighted by molar-refractivity contribution is 7.92. The summed E-state index contributed by atoms with van der Waals surface area (Å²) in [6, 6.07) is 21.6. The average Bonchev–Trinajstić information content (AvgIpc) is 2.85. The summed E-state index contributed by atoms with van der Waals surface area (Å²) < 4.78 is 57.4. The molecule has 0 fully saturated rings. The van der Waals surface area contributed by atoms with Gasteiger partial charge in [-0.05, 0) is 42.0 Å². The quantitative estimate of drug-likeness (QED) is 0.381. The van der Waals surface area contributed by atoms with E-state index >= 15 is 0 Å². The first-order valence-electron chi connectivity index (χ1n) is 11.0. The molecule has 3 rings (SSSR count). The predicted octanol–water partition coefficient (Wildman–Crippen LogP) is 2.71. The van der Waals surface area contributed by atoms with E-state index in [9.17, 15) is 21.6 Å². The van der Waals surface area contributed by atoms with Crippen molar-refractivity contribution in [3.8, 4) is 5.75 Å². The van der Waals surface area contributed by atoms with Crippen molar-refractivity contribution in [3.63, 3.8) is 0 Å². The van der Waals surface area contributed by atoms with Crippen molar-refractivity contribution in [1.82, 2.24) is 9.62 Å². The van der Waals surface area contributed by atoms with Crippen molar-refractivity contribution in [1.29, 1.82) is 0 Å². The Morgan fingerprint density at radius 2 is 1.47 bits per heavy atom. The molecule has 0 aliphatic heterocycles. The van der Waals surface area contributed by atoms with E-state index in [1.807, 2.05) is 30.3 Å². The van der Waals surface area contributed by atoms with Crippen molar-refractivity contribution in [3.05, 3.63) is 90.0 Å². The lowest BCUT2D eigenvalue weighted by atomic mass is 10.1. The molecular formula is C25H29N3O6S2. The first kappa shape index (κ1) is 27.2. The molecule has 11 heteroatoms. The van der Waals surface area contributed by atoms with Crippen LogP contribution in [0, 0.1) is 0 Å². The molecule has 0 spiro atoms. The summed E-state index contributed by atoms with van der Waals surface area (Å²) in [6.45, 7) is 0.378. The normalized spacial score (nSPS) is 11.8. The molecule has 0 saturated carbocycles. The first-order valence-corrected chi connectivity index (χ1v) is 14.3. The summed E-state index contributed by atoms with van der Waals surface area (Å²) in [5.74, 6) is 0.0109. The van der Waals surface area contributed by atoms with Crippen LogP contribution in [0.2, 0.25) is 0 Å². The van der Waals surface area contributed by atoms with Crippen LogP contribution in [0.3, 0.4) is 0 Å². The number of nitrogens with zero attached hydrogens (tertiary/aromatic N) is 2. The number of rotatable bonds is 11. The topological polar surface area (TPSA) is 113 Å². The summed E-state index contributed by atoms with van der Waals surface area (Å²) in [4.78, 5) is 13.1. The largest absolute Gasteiger partial charge is 0.492 e. The number of carbonyl (C=O) groups is 1. The fraction of sp³-hybridized carbons (Fsp3) is 0.240. The van der Waals surface area contributed by atoms with E-state index in [4.69, 9.17) is 4.74 Å². The predicted molar refractivity (Wildman–Crippen MR) is 139 cm³/mol. The lowest BCUT2D eigenvalue weighted by Gasteiger charge is -2.24. The summed E-state index contributed by atoms with van der Waals surface area (Å²) in [5.41, 5.74) is 1.29. The van der Waals surface area contributed by atoms with Gasteiger partial charge in [0.15, 0.2) is 0 Å². The van der Waals surface area contributed by atoms with E-state index in [0.717, 1.165) is 16.1 Å². The molecular weight excluding hydrogens is 502 g/mol. The smallest absolute Gasteiger partial charge is 0.253 e. The van der Waals surface area contributed by atoms with Crippen LogP contribution in [0.5, 0.6) is 5.75 Å². The molecule has 0 aromatic heterocycles. The standard InChI is InChI=1S/C25H29N3O6S2/c1-27(2)36(32,33)22-15-13-21(14-16-22)34-18-17-26-25(29)23-11-7-8-12-24(23)28(35(3,30)31)19-20-9-5-4-6-10-20/h4-16H,17-19H2,1-3H3,(H,26,29). The molecule has 1 amide bonds. The third kappa shape index (κ3) is 6.84. The number of para-hydroxylation sites is 1. The zero-order valence-electron chi connectivity index (χ0n) is 20.3. The fourth-order valence-electron chi connectivity index (χ4n) is 3.36. The maximum absolute atomic E-state index is 12.9. The molecule has 0 atom stereocenters. The fourth-order valence-corrected chi connectivity index (χ4v) is 5.16. The van der Waals surface area contributed by atoms with Gasteiger partial charge in [0.05, 0.1) is 35.5 Å². The molecule has 0 heterocycles. The van der Waals surface area contributed by atoms with Crippen LogP contribution in [-0.2, 0) is 26.6 Å². The lowest BCUT2D eigenvalue weighted by Crippen LogP contribution is -2.33. The number of benzene rings is 3. The number of anilines is 1. The van der Waals surface area contributed by atoms with E-state index in [1.165, 1.54) is 30.5 Å². The van der Waals surface area contributed by atoms with E-state index in [1.54, 1.807) is 36.4 Å². The minimum Gasteiger partial charge on any atom is -0.492 e. The van der Waals surface area contributed by atoms with Crippen LogP contribution < -0.4 is 14.4 Å². The molecule has 0 aliphatic rings. The number of amides is 1. The third-order valence-corrected chi connectivity index (χ3v) is 8.20. The first-order chi connectivity index (χ1) is 17.0. The van der Waals surface area contributed by atoms with Gasteiger partial charge < -0.3 is 10.1 Å². The highest BCUT2D eigenvalue weighted by atomic mass is 32.2. The van der Waals surface area contributed by atoms with E-state index < -0.39 is 26.0 Å². The highest BCUT2D eigenvalue weighted by Crippen LogP contribution is 2.25. The number of nitrogens with one attached hydrogen (secondary N) is 1. The van der Waals surface area contributed by atoms with Gasteiger partial charge in [0.2, 0.25) is 20.0 Å². The number of hydrogen-bond donors (Lipinski definition) is 1. The Hall–Kier alpha value is -3.41. The monoisotopic (exact) mass is 531 g/mol. The van der Waals surface area contributed by atoms with Crippen LogP contribution in [-0.4, -0.2) is 60.6 Å². The maximum Gasteiger partial charge on any atom is 0.253 e. The second-order valence-corrected chi connectivity index (χ2v) is 12.2. The molecule has 0 saturated heterocycles. The van der Waals surface area contributed by atoms with Crippen molar-refractivity contribution >= 4 is 31.6 Å². The van der Waals surface area contributed by atoms with Gasteiger partial charge in [-0.3, -0.25) is 9.10 Å². The second kappa shape index (κ2) is 11.5. The average molecular weight is 532 g/mol. The summed E-state index contributed by atoms with van der Waals surface area (Å²) >= 11 is 0. The maximum atomic E-state index is 12.9. The van der Waals surface area contributed by atoms with Crippen LogP contribution in [0.25, 0.3) is 0 Å². The molecule has 0 aliphatic carbocycles. The van der Waals surface area contributed by atoms with E-state index in [-0.39, 0.29) is 35.8 Å². The van der Waals surface area contributed by atoms with Gasteiger partial charge in [-0.25, -0.2) is 21.1 Å². The zero-order chi connectivity index (χ0) is 26.3. The van der Waals surface area contributed by atoms with Crippen molar-refractivity contribution in [2.75, 3.05) is 37.8 Å². The third-order valence-electron chi connectivity index (χ3n) is 5.25. The summed E-state index contributed by atoms with van der Waals surface area (Å²) in [6.07, 6.45) is 1.10. The van der Waals surface area contributed by atoms with E-state index in [0.29, 0.717) is 5.75 Å². The molecule has 0 radical (unpaired) electrons. The van der Waals surface area contributed by atoms with Gasteiger partial charge in [-0.15, -0.1) is 0 Å². The van der Waals surface area contributed by atoms with E-state index in [2.05, 4.69) is 5.32 Å². The van der Waals surface area contributed by atoms with Gasteiger partial charge >= 0.3 is 0 Å². The Bertz CT molecular complexity index is 1390. The zero-order valence-corrected chi connectivity index (χ0v) is 21.9. The van der Waals surface area contributed by atoms with Gasteiger partial charge in [0.1, 0.15) is 12.4 Å². The van der Waals surface area contributed by atoms with Gasteiger partial charge in [0, 0.05) is 14.1 Å². The minimum absolute atomic E-state index is 0.0899. The molecule has 36 heavy (non-hydrogen) atoms. The number of sulfonamides is 2. The van der Waals surface area contributed by atoms with Crippen LogP contribution in [0.4, 0.5) is 5.69 Å². The Morgan fingerprint density at radius 3 is 2.08 bits per heavy atom. The van der Waals surface area contributed by atoms with Crippen LogP contribution in [0.1, 0.15) is 15.9 Å². The molecule has 3 aromatic carbocycles. The molecule has 3 aromatic rings. The molecule has 192 valence electrons. The SMILES string of the molecule is CN(C)S(=O)(=O)c1ccc(OCCNC(=O)c2ccccc2N(Cc2ccccc2)S(C)(=O)=O)cc1. The van der Waals surface area contributed by atoms with Gasteiger partial charge in [-0.1, -0.05) is 42.5 Å². The molecule has 1 N–H and O–H groups in total. The Labute approximate surface area is 212 Å². The molecule has 0 bridgehead atoms. The van der Waals surface area contributed by atoms with Crippen molar-refractivity contribution < 1.29 is 26.4 Å². The lowest BCUT2D eigenvalue weighted by molar-refractivity contribution is 0.0947. The summed E-state index contributed by atoms with van der Waals surface area (Å²) in [7, 11) is -4.29. The second-order valence-electron chi connectivity index (χ2n) is 8.14. The highest BCUT2D eigenvalue weighted by Gasteiger charge is 2.23. The Morgan fingerprint density at radius 1 is 0.861 bits per heavy atom. The minimum atomic E-state index is -3.67. The van der Waals surface area contributed by atoms with Crippen molar-refractivity contribution in [2.24, 2.45) is 0 Å². The Balaban J connectivity index is 1.65. The number of hydrogen-bond acceptors (Lipinski definition) is 6. The van der Waals surface area contributed by atoms with Crippen molar-refractivity contribution in [2.45, 2.75) is 11.4 Å². The summed E-state index contributed by atoms with van der Waals surface area (Å²) in [5, 5.41) is 2.74. The van der Waals surface area contributed by atoms with Crippen LogP contribution in [0.15, 0.2) is 83.8 Å². The molecule has 9 nitrogen and oxygen atoms in total. The van der Waals surface area contributed by atoms with Gasteiger partial charge in [0.25, 0.3) is 5.91 Å². The Kier molecular flexibility index (Phi) is 8.72. The number of ether oxygens (including phenoxy) is 1.